The van der Waals surface area contributed by atoms with Gasteiger partial charge in [0, 0.05) is 31.2 Å². The van der Waals surface area contributed by atoms with Crippen molar-refractivity contribution in [3.05, 3.63) is 35.4 Å². The number of nitrogens with zero attached hydrogens (tertiary/aromatic N) is 3. The third-order valence-corrected chi connectivity index (χ3v) is 4.10. The van der Waals surface area contributed by atoms with E-state index in [2.05, 4.69) is 14.7 Å². The van der Waals surface area contributed by atoms with E-state index in [4.69, 9.17) is 4.74 Å². The van der Waals surface area contributed by atoms with E-state index >= 15 is 0 Å². The molecule has 1 aromatic carbocycles. The van der Waals surface area contributed by atoms with Crippen LogP contribution in [-0.2, 0) is 11.3 Å². The molecule has 5 nitrogen and oxygen atoms in total. The number of ether oxygens (including phenoxy) is 1. The van der Waals surface area contributed by atoms with Crippen LogP contribution in [0.15, 0.2) is 18.2 Å². The molecule has 0 atom stereocenters. The molecule has 0 aliphatic carbocycles. The lowest BCUT2D eigenvalue weighted by molar-refractivity contribution is 0.122. The molecule has 0 saturated carbocycles. The molecule has 0 unspecified atom stereocenters. The van der Waals surface area contributed by atoms with Gasteiger partial charge in [-0.25, -0.2) is 9.37 Å². The fraction of sp³-hybridized carbons (Fsp3) is 0.429. The summed E-state index contributed by atoms with van der Waals surface area (Å²) in [5.41, 5.74) is 1.53. The van der Waals surface area contributed by atoms with Gasteiger partial charge in [0.2, 0.25) is 5.13 Å². The highest BCUT2D eigenvalue weighted by atomic mass is 32.1. The van der Waals surface area contributed by atoms with Crippen LogP contribution in [0.3, 0.4) is 0 Å². The quantitative estimate of drug-likeness (QED) is 0.940. The molecule has 1 aliphatic rings. The maximum Gasteiger partial charge on any atom is 0.202 e. The third kappa shape index (κ3) is 3.48. The van der Waals surface area contributed by atoms with E-state index in [1.54, 1.807) is 6.07 Å². The molecular weight excluding hydrogens is 291 g/mol. The molecule has 1 aliphatic heterocycles. The summed E-state index contributed by atoms with van der Waals surface area (Å²) in [6.45, 7) is 5.16. The Bertz CT molecular complexity index is 613. The van der Waals surface area contributed by atoms with Crippen LogP contribution >= 0.6 is 11.5 Å². The Morgan fingerprint density at radius 3 is 2.86 bits per heavy atom. The fourth-order valence-electron chi connectivity index (χ4n) is 2.27. The van der Waals surface area contributed by atoms with Crippen LogP contribution in [0.4, 0.5) is 15.2 Å². The first-order valence-corrected chi connectivity index (χ1v) is 7.65. The van der Waals surface area contributed by atoms with Crippen molar-refractivity contribution in [1.29, 1.82) is 0 Å². The van der Waals surface area contributed by atoms with Gasteiger partial charge in [-0.05, 0) is 24.6 Å². The van der Waals surface area contributed by atoms with Crippen molar-refractivity contribution in [2.24, 2.45) is 0 Å². The van der Waals surface area contributed by atoms with Crippen molar-refractivity contribution in [3.8, 4) is 0 Å². The standard InChI is InChI=1S/C14H17FN4OS/c1-10-17-14(21-18-10)16-9-11-2-3-13(12(15)8-11)19-4-6-20-7-5-19/h2-3,8H,4-7,9H2,1H3,(H,16,17,18). The van der Waals surface area contributed by atoms with Crippen molar-refractivity contribution in [2.75, 3.05) is 36.5 Å². The highest BCUT2D eigenvalue weighted by Gasteiger charge is 2.15. The smallest absolute Gasteiger partial charge is 0.202 e. The van der Waals surface area contributed by atoms with E-state index < -0.39 is 0 Å². The third-order valence-electron chi connectivity index (χ3n) is 3.34. The zero-order valence-electron chi connectivity index (χ0n) is 11.8. The van der Waals surface area contributed by atoms with Gasteiger partial charge in [0.1, 0.15) is 11.6 Å². The molecule has 2 heterocycles. The van der Waals surface area contributed by atoms with Crippen LogP contribution in [0.5, 0.6) is 0 Å². The molecule has 1 aromatic heterocycles. The maximum absolute atomic E-state index is 14.2. The van der Waals surface area contributed by atoms with Gasteiger partial charge in [-0.1, -0.05) is 6.07 Å². The average Bonchev–Trinajstić information content (AvgIpc) is 2.92. The zero-order valence-corrected chi connectivity index (χ0v) is 12.6. The minimum absolute atomic E-state index is 0.190. The average molecular weight is 308 g/mol. The minimum Gasteiger partial charge on any atom is -0.378 e. The summed E-state index contributed by atoms with van der Waals surface area (Å²) < 4.78 is 23.6. The van der Waals surface area contributed by atoms with Gasteiger partial charge < -0.3 is 15.0 Å². The number of hydrogen-bond donors (Lipinski definition) is 1. The van der Waals surface area contributed by atoms with Crippen molar-refractivity contribution in [2.45, 2.75) is 13.5 Å². The predicted octanol–water partition coefficient (Wildman–Crippen LogP) is 2.43. The molecule has 1 N–H and O–H groups in total. The molecule has 0 bridgehead atoms. The van der Waals surface area contributed by atoms with E-state index in [0.29, 0.717) is 25.4 Å². The molecule has 7 heteroatoms. The Labute approximate surface area is 126 Å². The molecule has 21 heavy (non-hydrogen) atoms. The highest BCUT2D eigenvalue weighted by Crippen LogP contribution is 2.22. The number of anilines is 2. The molecule has 1 saturated heterocycles. The molecular formula is C14H17FN4OS. The lowest BCUT2D eigenvalue weighted by Crippen LogP contribution is -2.36. The number of aryl methyl sites for hydroxylation is 1. The van der Waals surface area contributed by atoms with Crippen molar-refractivity contribution in [1.82, 2.24) is 9.36 Å². The number of halogens is 1. The second-order valence-electron chi connectivity index (χ2n) is 4.89. The van der Waals surface area contributed by atoms with Gasteiger partial charge in [-0.3, -0.25) is 0 Å². The predicted molar refractivity (Wildman–Crippen MR) is 81.4 cm³/mol. The van der Waals surface area contributed by atoms with Crippen molar-refractivity contribution in [3.63, 3.8) is 0 Å². The van der Waals surface area contributed by atoms with E-state index in [1.807, 2.05) is 24.0 Å². The first kappa shape index (κ1) is 14.2. The fourth-order valence-corrected chi connectivity index (χ4v) is 2.84. The van der Waals surface area contributed by atoms with E-state index in [-0.39, 0.29) is 5.82 Å². The number of hydrogen-bond acceptors (Lipinski definition) is 6. The van der Waals surface area contributed by atoms with Crippen molar-refractivity contribution < 1.29 is 9.13 Å². The van der Waals surface area contributed by atoms with Crippen LogP contribution in [0.25, 0.3) is 0 Å². The molecule has 0 amide bonds. The topological polar surface area (TPSA) is 50.3 Å². The number of nitrogens with one attached hydrogen (secondary N) is 1. The Kier molecular flexibility index (Phi) is 4.31. The van der Waals surface area contributed by atoms with Gasteiger partial charge in [0.25, 0.3) is 0 Å². The largest absolute Gasteiger partial charge is 0.378 e. The summed E-state index contributed by atoms with van der Waals surface area (Å²) in [6, 6.07) is 5.35. The van der Waals surface area contributed by atoms with Gasteiger partial charge in [-0.2, -0.15) is 4.37 Å². The monoisotopic (exact) mass is 308 g/mol. The van der Waals surface area contributed by atoms with Crippen LogP contribution in [0.1, 0.15) is 11.4 Å². The molecule has 0 spiro atoms. The first-order chi connectivity index (χ1) is 10.2. The summed E-state index contributed by atoms with van der Waals surface area (Å²) in [4.78, 5) is 6.24. The van der Waals surface area contributed by atoms with E-state index in [9.17, 15) is 4.39 Å². The summed E-state index contributed by atoms with van der Waals surface area (Å²) in [6.07, 6.45) is 0. The maximum atomic E-state index is 14.2. The van der Waals surface area contributed by atoms with Gasteiger partial charge in [0.15, 0.2) is 0 Å². The molecule has 112 valence electrons. The second kappa shape index (κ2) is 6.36. The van der Waals surface area contributed by atoms with E-state index in [0.717, 1.165) is 29.6 Å². The molecule has 0 radical (unpaired) electrons. The van der Waals surface area contributed by atoms with Crippen LogP contribution in [0, 0.1) is 12.7 Å². The van der Waals surface area contributed by atoms with Gasteiger partial charge >= 0.3 is 0 Å². The summed E-state index contributed by atoms with van der Waals surface area (Å²) in [7, 11) is 0. The Morgan fingerprint density at radius 2 is 2.19 bits per heavy atom. The molecule has 3 rings (SSSR count). The first-order valence-electron chi connectivity index (χ1n) is 6.88. The van der Waals surface area contributed by atoms with E-state index in [1.165, 1.54) is 11.5 Å². The summed E-state index contributed by atoms with van der Waals surface area (Å²) in [5, 5.41) is 3.91. The van der Waals surface area contributed by atoms with Gasteiger partial charge in [0.05, 0.1) is 18.9 Å². The Morgan fingerprint density at radius 1 is 1.38 bits per heavy atom. The normalized spacial score (nSPS) is 15.2. The lowest BCUT2D eigenvalue weighted by Gasteiger charge is -2.29. The van der Waals surface area contributed by atoms with Crippen molar-refractivity contribution >= 4 is 22.4 Å². The highest BCUT2D eigenvalue weighted by molar-refractivity contribution is 7.09. The number of benzene rings is 1. The lowest BCUT2D eigenvalue weighted by atomic mass is 10.1. The SMILES string of the molecule is Cc1nsc(NCc2ccc(N3CCOCC3)c(F)c2)n1. The van der Waals surface area contributed by atoms with Crippen LogP contribution in [-0.4, -0.2) is 35.7 Å². The van der Waals surface area contributed by atoms with Gasteiger partial charge in [-0.15, -0.1) is 0 Å². The molecule has 1 fully saturated rings. The summed E-state index contributed by atoms with van der Waals surface area (Å²) >= 11 is 1.31. The number of morpholine rings is 1. The van der Waals surface area contributed by atoms with Crippen LogP contribution in [0.2, 0.25) is 0 Å². The Balaban J connectivity index is 1.65. The number of rotatable bonds is 4. The Hall–Kier alpha value is -1.73. The summed E-state index contributed by atoms with van der Waals surface area (Å²) in [5.74, 6) is 0.556. The van der Waals surface area contributed by atoms with Crippen LogP contribution < -0.4 is 10.2 Å². The minimum atomic E-state index is -0.190. The molecule has 2 aromatic rings. The zero-order chi connectivity index (χ0) is 14.7. The number of aromatic nitrogens is 2. The second-order valence-corrected chi connectivity index (χ2v) is 5.64.